The van der Waals surface area contributed by atoms with Gasteiger partial charge in [0, 0.05) is 18.3 Å². The summed E-state index contributed by atoms with van der Waals surface area (Å²) in [5.74, 6) is 1.42. The maximum atomic E-state index is 13.1. The van der Waals surface area contributed by atoms with Crippen LogP contribution >= 0.6 is 23.4 Å². The van der Waals surface area contributed by atoms with Crippen molar-refractivity contribution >= 4 is 35.0 Å². The van der Waals surface area contributed by atoms with E-state index in [0.717, 1.165) is 29.5 Å². The van der Waals surface area contributed by atoms with E-state index in [1.54, 1.807) is 11.0 Å². The number of amides is 1. The van der Waals surface area contributed by atoms with Gasteiger partial charge in [0.1, 0.15) is 12.4 Å². The lowest BCUT2D eigenvalue weighted by Crippen LogP contribution is -2.36. The van der Waals surface area contributed by atoms with Crippen LogP contribution in [0.25, 0.3) is 0 Å². The highest BCUT2D eigenvalue weighted by molar-refractivity contribution is 8.00. The van der Waals surface area contributed by atoms with Crippen LogP contribution < -0.4 is 9.64 Å². The van der Waals surface area contributed by atoms with Gasteiger partial charge in [0.25, 0.3) is 0 Å². The number of aromatic nitrogens is 3. The maximum Gasteiger partial charge on any atom is 0.240 e. The SMILES string of the molecule is CCN(C(=O)C(C)Sc1nnc(COc2ccccc2Cl)n1C1CC1)c1ccccc1. The van der Waals surface area contributed by atoms with Gasteiger partial charge in [0.2, 0.25) is 5.91 Å². The second-order valence-corrected chi connectivity index (χ2v) is 9.11. The first-order chi connectivity index (χ1) is 15.1. The lowest BCUT2D eigenvalue weighted by Gasteiger charge is -2.24. The monoisotopic (exact) mass is 456 g/mol. The van der Waals surface area contributed by atoms with E-state index in [1.165, 1.54) is 11.8 Å². The molecule has 0 radical (unpaired) electrons. The molecule has 1 aliphatic carbocycles. The molecule has 2 aromatic carbocycles. The van der Waals surface area contributed by atoms with Crippen LogP contribution in [0.4, 0.5) is 5.69 Å². The van der Waals surface area contributed by atoms with Gasteiger partial charge >= 0.3 is 0 Å². The molecule has 0 spiro atoms. The fraction of sp³-hybridized carbons (Fsp3) is 0.348. The minimum atomic E-state index is -0.292. The predicted octanol–water partition coefficient (Wildman–Crippen LogP) is 5.38. The molecule has 1 amide bonds. The van der Waals surface area contributed by atoms with Crippen LogP contribution in [0.15, 0.2) is 59.8 Å². The number of para-hydroxylation sites is 2. The van der Waals surface area contributed by atoms with E-state index in [1.807, 2.05) is 62.4 Å². The minimum Gasteiger partial charge on any atom is -0.484 e. The van der Waals surface area contributed by atoms with Crippen LogP contribution in [0.5, 0.6) is 5.75 Å². The molecule has 162 valence electrons. The highest BCUT2D eigenvalue weighted by Crippen LogP contribution is 2.40. The molecule has 1 aliphatic rings. The highest BCUT2D eigenvalue weighted by Gasteiger charge is 2.32. The lowest BCUT2D eigenvalue weighted by atomic mass is 10.2. The lowest BCUT2D eigenvalue weighted by molar-refractivity contribution is -0.117. The highest BCUT2D eigenvalue weighted by atomic mass is 35.5. The van der Waals surface area contributed by atoms with Gasteiger partial charge in [0.15, 0.2) is 11.0 Å². The number of ether oxygens (including phenoxy) is 1. The summed E-state index contributed by atoms with van der Waals surface area (Å²) in [5, 5.41) is 9.77. The van der Waals surface area contributed by atoms with Crippen molar-refractivity contribution in [2.45, 2.75) is 49.7 Å². The Balaban J connectivity index is 1.48. The normalized spacial score (nSPS) is 14.3. The molecule has 1 aromatic heterocycles. The molecule has 3 aromatic rings. The quantitative estimate of drug-likeness (QED) is 0.404. The fourth-order valence-corrected chi connectivity index (χ4v) is 4.58. The van der Waals surface area contributed by atoms with Gasteiger partial charge in [-0.05, 0) is 51.0 Å². The average Bonchev–Trinajstić information content (AvgIpc) is 3.55. The Morgan fingerprint density at radius 2 is 1.90 bits per heavy atom. The summed E-state index contributed by atoms with van der Waals surface area (Å²) in [6, 6.07) is 17.5. The molecule has 0 saturated heterocycles. The van der Waals surface area contributed by atoms with Gasteiger partial charge in [-0.15, -0.1) is 10.2 Å². The largest absolute Gasteiger partial charge is 0.484 e. The van der Waals surface area contributed by atoms with Crippen LogP contribution in [0.2, 0.25) is 5.02 Å². The second-order valence-electron chi connectivity index (χ2n) is 7.40. The smallest absolute Gasteiger partial charge is 0.240 e. The Bertz CT molecular complexity index is 1040. The fourth-order valence-electron chi connectivity index (χ4n) is 3.39. The number of hydrogen-bond acceptors (Lipinski definition) is 5. The standard InChI is InChI=1S/C23H25ClN4O2S/c1-3-27(17-9-5-4-6-10-17)22(29)16(2)31-23-26-25-21(28(23)18-13-14-18)15-30-20-12-8-7-11-19(20)24/h4-12,16,18H,3,13-15H2,1-2H3. The summed E-state index contributed by atoms with van der Waals surface area (Å²) in [6.07, 6.45) is 2.16. The van der Waals surface area contributed by atoms with Crippen LogP contribution in [0.1, 0.15) is 38.6 Å². The molecule has 0 bridgehead atoms. The third kappa shape index (κ3) is 5.05. The number of halogens is 1. The van der Waals surface area contributed by atoms with E-state index in [-0.39, 0.29) is 17.8 Å². The minimum absolute atomic E-state index is 0.0536. The summed E-state index contributed by atoms with van der Waals surface area (Å²) in [4.78, 5) is 14.9. The molecule has 31 heavy (non-hydrogen) atoms. The number of nitrogens with zero attached hydrogens (tertiary/aromatic N) is 4. The molecular formula is C23H25ClN4O2S. The summed E-state index contributed by atoms with van der Waals surface area (Å²) in [6.45, 7) is 4.80. The zero-order valence-corrected chi connectivity index (χ0v) is 19.1. The number of anilines is 1. The van der Waals surface area contributed by atoms with E-state index in [0.29, 0.717) is 23.4 Å². The first-order valence-corrected chi connectivity index (χ1v) is 11.7. The Labute approximate surface area is 191 Å². The molecule has 8 heteroatoms. The van der Waals surface area contributed by atoms with E-state index in [9.17, 15) is 4.79 Å². The summed E-state index contributed by atoms with van der Waals surface area (Å²) in [7, 11) is 0. The van der Waals surface area contributed by atoms with Crippen molar-refractivity contribution in [2.24, 2.45) is 0 Å². The number of benzene rings is 2. The third-order valence-electron chi connectivity index (χ3n) is 5.12. The maximum absolute atomic E-state index is 13.1. The van der Waals surface area contributed by atoms with Crippen LogP contribution in [0, 0.1) is 0 Å². The molecule has 6 nitrogen and oxygen atoms in total. The van der Waals surface area contributed by atoms with Gasteiger partial charge in [-0.1, -0.05) is 53.7 Å². The molecular weight excluding hydrogens is 432 g/mol. The van der Waals surface area contributed by atoms with Crippen LogP contribution in [-0.4, -0.2) is 32.5 Å². The molecule has 4 rings (SSSR count). The van der Waals surface area contributed by atoms with Gasteiger partial charge < -0.3 is 9.64 Å². The number of rotatable bonds is 9. The van der Waals surface area contributed by atoms with Crippen molar-refractivity contribution < 1.29 is 9.53 Å². The second kappa shape index (κ2) is 9.75. The van der Waals surface area contributed by atoms with Gasteiger partial charge in [-0.2, -0.15) is 0 Å². The van der Waals surface area contributed by atoms with Crippen molar-refractivity contribution in [1.82, 2.24) is 14.8 Å². The first-order valence-electron chi connectivity index (χ1n) is 10.4. The summed E-state index contributed by atoms with van der Waals surface area (Å²) < 4.78 is 8.00. The van der Waals surface area contributed by atoms with Crippen LogP contribution in [-0.2, 0) is 11.4 Å². The van der Waals surface area contributed by atoms with E-state index in [2.05, 4.69) is 14.8 Å². The molecule has 1 fully saturated rings. The Morgan fingerprint density at radius 1 is 1.19 bits per heavy atom. The predicted molar refractivity (Wildman–Crippen MR) is 124 cm³/mol. The molecule has 1 heterocycles. The molecule has 0 N–H and O–H groups in total. The van der Waals surface area contributed by atoms with Gasteiger partial charge in [-0.3, -0.25) is 9.36 Å². The topological polar surface area (TPSA) is 60.3 Å². The summed E-state index contributed by atoms with van der Waals surface area (Å²) >= 11 is 7.64. The van der Waals surface area contributed by atoms with Crippen molar-refractivity contribution in [3.05, 3.63) is 65.4 Å². The number of hydrogen-bond donors (Lipinski definition) is 0. The Hall–Kier alpha value is -2.51. The zero-order valence-electron chi connectivity index (χ0n) is 17.6. The Kier molecular flexibility index (Phi) is 6.83. The van der Waals surface area contributed by atoms with Crippen LogP contribution in [0.3, 0.4) is 0 Å². The van der Waals surface area contributed by atoms with Crippen molar-refractivity contribution in [3.63, 3.8) is 0 Å². The van der Waals surface area contributed by atoms with Gasteiger partial charge in [-0.25, -0.2) is 0 Å². The van der Waals surface area contributed by atoms with E-state index < -0.39 is 0 Å². The Morgan fingerprint density at radius 3 is 2.58 bits per heavy atom. The third-order valence-corrected chi connectivity index (χ3v) is 6.48. The molecule has 0 aliphatic heterocycles. The van der Waals surface area contributed by atoms with Gasteiger partial charge in [0.05, 0.1) is 10.3 Å². The molecule has 1 unspecified atom stereocenters. The number of thioether (sulfide) groups is 1. The average molecular weight is 457 g/mol. The zero-order chi connectivity index (χ0) is 21.8. The van der Waals surface area contributed by atoms with Crippen molar-refractivity contribution in [2.75, 3.05) is 11.4 Å². The molecule has 1 atom stereocenters. The number of carbonyl (C=O) groups excluding carboxylic acids is 1. The number of carbonyl (C=O) groups is 1. The van der Waals surface area contributed by atoms with Crippen molar-refractivity contribution in [1.29, 1.82) is 0 Å². The van der Waals surface area contributed by atoms with E-state index in [4.69, 9.17) is 16.3 Å². The van der Waals surface area contributed by atoms with Crippen molar-refractivity contribution in [3.8, 4) is 5.75 Å². The van der Waals surface area contributed by atoms with E-state index >= 15 is 0 Å². The first kappa shape index (κ1) is 21.7. The molecule has 1 saturated carbocycles. The summed E-state index contributed by atoms with van der Waals surface area (Å²) in [5.41, 5.74) is 0.903.